The predicted molar refractivity (Wildman–Crippen MR) is 74.6 cm³/mol. The number of hydrogen-bond acceptors (Lipinski definition) is 3. The normalized spacial score (nSPS) is 20.5. The van der Waals surface area contributed by atoms with E-state index < -0.39 is 0 Å². The molecule has 0 aromatic heterocycles. The van der Waals surface area contributed by atoms with E-state index in [-0.39, 0.29) is 5.82 Å². The van der Waals surface area contributed by atoms with Crippen LogP contribution in [0.25, 0.3) is 0 Å². The van der Waals surface area contributed by atoms with Crippen LogP contribution in [0.1, 0.15) is 24.8 Å². The minimum absolute atomic E-state index is 0.250. The predicted octanol–water partition coefficient (Wildman–Crippen LogP) is 2.40. The number of rotatable bonds is 5. The van der Waals surface area contributed by atoms with Gasteiger partial charge in [-0.3, -0.25) is 4.90 Å². The SMILES string of the molecule is COc1cc(F)ccc1CN1CCC[C@@H](CCN)C1. The van der Waals surface area contributed by atoms with Crippen molar-refractivity contribution < 1.29 is 9.13 Å². The maximum atomic E-state index is 13.2. The lowest BCUT2D eigenvalue weighted by molar-refractivity contribution is 0.161. The molecule has 4 heteroatoms. The van der Waals surface area contributed by atoms with E-state index >= 15 is 0 Å². The van der Waals surface area contributed by atoms with Crippen molar-refractivity contribution in [3.05, 3.63) is 29.6 Å². The van der Waals surface area contributed by atoms with Crippen LogP contribution in [-0.4, -0.2) is 31.6 Å². The van der Waals surface area contributed by atoms with Crippen molar-refractivity contribution in [2.24, 2.45) is 11.7 Å². The zero-order chi connectivity index (χ0) is 13.7. The largest absolute Gasteiger partial charge is 0.496 e. The second kappa shape index (κ2) is 6.87. The molecule has 2 N–H and O–H groups in total. The Bertz CT molecular complexity index is 409. The van der Waals surface area contributed by atoms with E-state index in [9.17, 15) is 4.39 Å². The number of likely N-dealkylation sites (tertiary alicyclic amines) is 1. The topological polar surface area (TPSA) is 38.5 Å². The summed E-state index contributed by atoms with van der Waals surface area (Å²) in [6.45, 7) is 3.77. The summed E-state index contributed by atoms with van der Waals surface area (Å²) in [5, 5.41) is 0. The van der Waals surface area contributed by atoms with Gasteiger partial charge in [0.15, 0.2) is 0 Å². The van der Waals surface area contributed by atoms with Gasteiger partial charge in [-0.05, 0) is 44.3 Å². The van der Waals surface area contributed by atoms with E-state index in [2.05, 4.69) is 4.90 Å². The molecule has 1 heterocycles. The van der Waals surface area contributed by atoms with Gasteiger partial charge in [-0.15, -0.1) is 0 Å². The van der Waals surface area contributed by atoms with Gasteiger partial charge in [0.1, 0.15) is 11.6 Å². The zero-order valence-electron chi connectivity index (χ0n) is 11.6. The molecule has 1 fully saturated rings. The van der Waals surface area contributed by atoms with Gasteiger partial charge >= 0.3 is 0 Å². The molecule has 0 bridgehead atoms. The number of methoxy groups -OCH3 is 1. The van der Waals surface area contributed by atoms with E-state index in [4.69, 9.17) is 10.5 Å². The number of nitrogens with zero attached hydrogens (tertiary/aromatic N) is 1. The smallest absolute Gasteiger partial charge is 0.126 e. The molecular weight excluding hydrogens is 243 g/mol. The zero-order valence-corrected chi connectivity index (χ0v) is 11.6. The lowest BCUT2D eigenvalue weighted by Crippen LogP contribution is -2.35. The first-order valence-corrected chi connectivity index (χ1v) is 6.97. The lowest BCUT2D eigenvalue weighted by atomic mass is 9.94. The minimum atomic E-state index is -0.250. The van der Waals surface area contributed by atoms with Gasteiger partial charge in [0.25, 0.3) is 0 Å². The van der Waals surface area contributed by atoms with E-state index in [0.29, 0.717) is 11.7 Å². The lowest BCUT2D eigenvalue weighted by Gasteiger charge is -2.32. The molecule has 1 aliphatic rings. The second-order valence-electron chi connectivity index (χ2n) is 5.28. The average Bonchev–Trinajstić information content (AvgIpc) is 2.41. The van der Waals surface area contributed by atoms with Gasteiger partial charge < -0.3 is 10.5 Å². The molecule has 0 amide bonds. The van der Waals surface area contributed by atoms with Crippen molar-refractivity contribution in [1.29, 1.82) is 0 Å². The number of benzene rings is 1. The highest BCUT2D eigenvalue weighted by Gasteiger charge is 2.20. The Morgan fingerprint density at radius 1 is 1.47 bits per heavy atom. The molecule has 1 atom stereocenters. The summed E-state index contributed by atoms with van der Waals surface area (Å²) in [6.07, 6.45) is 3.58. The highest BCUT2D eigenvalue weighted by atomic mass is 19.1. The van der Waals surface area contributed by atoms with Crippen LogP contribution in [-0.2, 0) is 6.54 Å². The molecule has 1 aromatic carbocycles. The maximum Gasteiger partial charge on any atom is 0.126 e. The van der Waals surface area contributed by atoms with E-state index in [1.807, 2.05) is 6.07 Å². The molecule has 1 saturated heterocycles. The third-order valence-electron chi connectivity index (χ3n) is 3.82. The van der Waals surface area contributed by atoms with Gasteiger partial charge in [-0.25, -0.2) is 4.39 Å². The van der Waals surface area contributed by atoms with E-state index in [0.717, 1.165) is 38.2 Å². The molecule has 19 heavy (non-hydrogen) atoms. The van der Waals surface area contributed by atoms with Crippen LogP contribution in [0.5, 0.6) is 5.75 Å². The Morgan fingerprint density at radius 2 is 2.32 bits per heavy atom. The Balaban J connectivity index is 2.00. The number of hydrogen-bond donors (Lipinski definition) is 1. The van der Waals surface area contributed by atoms with Gasteiger partial charge in [0, 0.05) is 24.7 Å². The third-order valence-corrected chi connectivity index (χ3v) is 3.82. The minimum Gasteiger partial charge on any atom is -0.496 e. The molecule has 1 aromatic rings. The van der Waals surface area contributed by atoms with E-state index in [1.165, 1.54) is 25.0 Å². The molecule has 0 aliphatic carbocycles. The first-order chi connectivity index (χ1) is 9.22. The van der Waals surface area contributed by atoms with Crippen LogP contribution in [0, 0.1) is 11.7 Å². The van der Waals surface area contributed by atoms with Crippen molar-refractivity contribution in [2.45, 2.75) is 25.8 Å². The van der Waals surface area contributed by atoms with Crippen molar-refractivity contribution in [3.63, 3.8) is 0 Å². The standard InChI is InChI=1S/C15H23FN2O/c1-19-15-9-14(16)5-4-13(15)11-18-8-2-3-12(10-18)6-7-17/h4-5,9,12H,2-3,6-8,10-11,17H2,1H3/t12-/m0/s1. The summed E-state index contributed by atoms with van der Waals surface area (Å²) in [4.78, 5) is 2.42. The summed E-state index contributed by atoms with van der Waals surface area (Å²) in [7, 11) is 1.59. The van der Waals surface area contributed by atoms with Crippen molar-refractivity contribution in [3.8, 4) is 5.75 Å². The summed E-state index contributed by atoms with van der Waals surface area (Å²) < 4.78 is 18.4. The summed E-state index contributed by atoms with van der Waals surface area (Å²) in [6, 6.07) is 4.77. The van der Waals surface area contributed by atoms with Crippen molar-refractivity contribution in [1.82, 2.24) is 4.90 Å². The highest BCUT2D eigenvalue weighted by Crippen LogP contribution is 2.25. The molecule has 0 saturated carbocycles. The molecule has 0 spiro atoms. The number of ether oxygens (including phenoxy) is 1. The van der Waals surface area contributed by atoms with Gasteiger partial charge in [0.2, 0.25) is 0 Å². The summed E-state index contributed by atoms with van der Waals surface area (Å²) >= 11 is 0. The fourth-order valence-electron chi connectivity index (χ4n) is 2.86. The molecule has 3 nitrogen and oxygen atoms in total. The molecule has 106 valence electrons. The quantitative estimate of drug-likeness (QED) is 0.889. The number of nitrogens with two attached hydrogens (primary N) is 1. The van der Waals surface area contributed by atoms with Gasteiger partial charge in [-0.1, -0.05) is 6.07 Å². The summed E-state index contributed by atoms with van der Waals surface area (Å²) in [5.41, 5.74) is 6.69. The third kappa shape index (κ3) is 3.91. The molecular formula is C15H23FN2O. The van der Waals surface area contributed by atoms with Crippen molar-refractivity contribution in [2.75, 3.05) is 26.7 Å². The molecule has 0 unspecified atom stereocenters. The van der Waals surface area contributed by atoms with Gasteiger partial charge in [0.05, 0.1) is 7.11 Å². The number of piperidine rings is 1. The molecule has 2 rings (SSSR count). The molecule has 1 aliphatic heterocycles. The summed E-state index contributed by atoms with van der Waals surface area (Å²) in [5.74, 6) is 1.09. The fraction of sp³-hybridized carbons (Fsp3) is 0.600. The first-order valence-electron chi connectivity index (χ1n) is 6.97. The van der Waals surface area contributed by atoms with Crippen LogP contribution in [0.4, 0.5) is 4.39 Å². The van der Waals surface area contributed by atoms with Gasteiger partial charge in [-0.2, -0.15) is 0 Å². The van der Waals surface area contributed by atoms with Crippen LogP contribution in [0.3, 0.4) is 0 Å². The maximum absolute atomic E-state index is 13.2. The number of halogens is 1. The Hall–Kier alpha value is -1.13. The van der Waals surface area contributed by atoms with Crippen LogP contribution >= 0.6 is 0 Å². The van der Waals surface area contributed by atoms with E-state index in [1.54, 1.807) is 7.11 Å². The monoisotopic (exact) mass is 266 g/mol. The average molecular weight is 266 g/mol. The Kier molecular flexibility index (Phi) is 5.16. The Labute approximate surface area is 114 Å². The highest BCUT2D eigenvalue weighted by molar-refractivity contribution is 5.33. The second-order valence-corrected chi connectivity index (χ2v) is 5.28. The van der Waals surface area contributed by atoms with Crippen LogP contribution < -0.4 is 10.5 Å². The molecule has 0 radical (unpaired) electrons. The van der Waals surface area contributed by atoms with Crippen molar-refractivity contribution >= 4 is 0 Å². The van der Waals surface area contributed by atoms with Crippen LogP contribution in [0.15, 0.2) is 18.2 Å². The Morgan fingerprint density at radius 3 is 3.05 bits per heavy atom. The fourth-order valence-corrected chi connectivity index (χ4v) is 2.86. The first kappa shape index (κ1) is 14.3. The van der Waals surface area contributed by atoms with Crippen LogP contribution in [0.2, 0.25) is 0 Å².